The lowest BCUT2D eigenvalue weighted by Crippen LogP contribution is -2.49. The van der Waals surface area contributed by atoms with Crippen LogP contribution in [0.4, 0.5) is 0 Å². The molecule has 0 saturated carbocycles. The highest BCUT2D eigenvalue weighted by molar-refractivity contribution is 8.00. The first-order valence-corrected chi connectivity index (χ1v) is 11.9. The second-order valence-electron chi connectivity index (χ2n) is 6.73. The molecule has 1 atom stereocenters. The largest absolute Gasteiger partial charge is 0.354 e. The molecule has 2 aromatic rings. The summed E-state index contributed by atoms with van der Waals surface area (Å²) < 4.78 is 0. The van der Waals surface area contributed by atoms with E-state index in [0.717, 1.165) is 16.9 Å². The summed E-state index contributed by atoms with van der Waals surface area (Å²) in [7, 11) is 0. The minimum Gasteiger partial charge on any atom is -0.354 e. The van der Waals surface area contributed by atoms with E-state index in [9.17, 15) is 9.59 Å². The summed E-state index contributed by atoms with van der Waals surface area (Å²) in [6.07, 6.45) is 1.34. The van der Waals surface area contributed by atoms with Crippen molar-refractivity contribution < 1.29 is 9.59 Å². The van der Waals surface area contributed by atoms with Gasteiger partial charge in [-0.05, 0) is 54.8 Å². The van der Waals surface area contributed by atoms with E-state index in [1.54, 1.807) is 29.2 Å². The normalized spacial score (nSPS) is 11.8. The topological polar surface area (TPSA) is 49.4 Å². The molecule has 0 spiro atoms. The monoisotopic (exact) mass is 486 g/mol. The van der Waals surface area contributed by atoms with Crippen LogP contribution in [-0.4, -0.2) is 35.1 Å². The van der Waals surface area contributed by atoms with Crippen molar-refractivity contribution in [3.8, 4) is 0 Å². The van der Waals surface area contributed by atoms with Crippen LogP contribution in [0.5, 0.6) is 0 Å². The number of hydrogen-bond donors (Lipinski definition) is 1. The molecule has 2 amide bonds. The fourth-order valence-corrected chi connectivity index (χ4v) is 4.11. The number of carbonyl (C=O) groups is 2. The molecule has 2 rings (SSSR count). The molecular weight excluding hydrogens is 463 g/mol. The molecule has 0 radical (unpaired) electrons. The molecule has 0 aliphatic rings. The number of rotatable bonds is 10. The first-order valence-electron chi connectivity index (χ1n) is 9.75. The van der Waals surface area contributed by atoms with Gasteiger partial charge in [-0.1, -0.05) is 54.7 Å². The summed E-state index contributed by atoms with van der Waals surface area (Å²) in [4.78, 5) is 28.4. The van der Waals surface area contributed by atoms with Crippen molar-refractivity contribution in [3.05, 3.63) is 63.1 Å². The van der Waals surface area contributed by atoms with E-state index in [-0.39, 0.29) is 24.1 Å². The Morgan fingerprint density at radius 2 is 1.73 bits per heavy atom. The molecule has 0 aliphatic heterocycles. The zero-order valence-corrected chi connectivity index (χ0v) is 20.0. The lowest BCUT2D eigenvalue weighted by molar-refractivity contribution is -0.139. The van der Waals surface area contributed by atoms with Crippen LogP contribution in [0.25, 0.3) is 0 Å². The molecule has 2 aromatic carbocycles. The Bertz CT molecular complexity index is 862. The van der Waals surface area contributed by atoms with Crippen LogP contribution in [0.15, 0.2) is 47.4 Å². The van der Waals surface area contributed by atoms with Gasteiger partial charge in [-0.15, -0.1) is 11.8 Å². The number of nitrogens with one attached hydrogen (secondary N) is 1. The molecule has 8 heteroatoms. The summed E-state index contributed by atoms with van der Waals surface area (Å²) >= 11 is 19.5. The third kappa shape index (κ3) is 7.38. The zero-order valence-electron chi connectivity index (χ0n) is 17.0. The number of benzene rings is 2. The van der Waals surface area contributed by atoms with Gasteiger partial charge in [0, 0.05) is 23.0 Å². The number of amides is 2. The molecule has 0 bridgehead atoms. The molecule has 162 valence electrons. The quantitative estimate of drug-likeness (QED) is 0.414. The van der Waals surface area contributed by atoms with Crippen molar-refractivity contribution in [1.29, 1.82) is 0 Å². The van der Waals surface area contributed by atoms with E-state index in [1.165, 1.54) is 11.8 Å². The highest BCUT2D eigenvalue weighted by atomic mass is 35.5. The maximum atomic E-state index is 13.2. The van der Waals surface area contributed by atoms with Crippen LogP contribution in [0.3, 0.4) is 0 Å². The molecule has 0 heterocycles. The van der Waals surface area contributed by atoms with Gasteiger partial charge in [0.05, 0.1) is 15.8 Å². The zero-order chi connectivity index (χ0) is 22.1. The molecule has 0 unspecified atom stereocenters. The molecule has 0 aromatic heterocycles. The Balaban J connectivity index is 2.21. The van der Waals surface area contributed by atoms with Crippen LogP contribution in [0, 0.1) is 0 Å². The lowest BCUT2D eigenvalue weighted by atomic mass is 10.1. The van der Waals surface area contributed by atoms with Crippen molar-refractivity contribution in [2.75, 3.05) is 12.3 Å². The predicted molar refractivity (Wildman–Crippen MR) is 127 cm³/mol. The van der Waals surface area contributed by atoms with Crippen LogP contribution in [-0.2, 0) is 16.1 Å². The van der Waals surface area contributed by atoms with E-state index in [2.05, 4.69) is 5.32 Å². The minimum absolute atomic E-state index is 0.125. The number of nitrogens with zero attached hydrogens (tertiary/aromatic N) is 1. The second kappa shape index (κ2) is 12.5. The molecule has 30 heavy (non-hydrogen) atoms. The highest BCUT2D eigenvalue weighted by Gasteiger charge is 2.28. The van der Waals surface area contributed by atoms with Crippen LogP contribution >= 0.6 is 46.6 Å². The van der Waals surface area contributed by atoms with Gasteiger partial charge in [0.2, 0.25) is 11.8 Å². The fourth-order valence-electron chi connectivity index (χ4n) is 2.88. The van der Waals surface area contributed by atoms with Gasteiger partial charge in [0.1, 0.15) is 6.04 Å². The standard InChI is InChI=1S/C22H25Cl3N2O2S/c1-3-11-26-22(29)20(4-2)27(13-15-5-10-18(24)19(25)12-15)21(28)14-30-17-8-6-16(23)7-9-17/h5-10,12,20H,3-4,11,13-14H2,1-2H3,(H,26,29)/t20-/m1/s1. The van der Waals surface area contributed by atoms with E-state index in [1.807, 2.05) is 32.0 Å². The van der Waals surface area contributed by atoms with Gasteiger partial charge in [0.25, 0.3) is 0 Å². The Morgan fingerprint density at radius 3 is 2.33 bits per heavy atom. The summed E-state index contributed by atoms with van der Waals surface area (Å²) in [5.74, 6) is -0.0654. The third-order valence-corrected chi connectivity index (χ3v) is 6.44. The molecule has 0 aliphatic carbocycles. The summed E-state index contributed by atoms with van der Waals surface area (Å²) in [6, 6.07) is 12.0. The number of halogens is 3. The van der Waals surface area contributed by atoms with Gasteiger partial charge >= 0.3 is 0 Å². The molecule has 0 saturated heterocycles. The van der Waals surface area contributed by atoms with Crippen LogP contribution in [0.2, 0.25) is 15.1 Å². The summed E-state index contributed by atoms with van der Waals surface area (Å²) in [6.45, 7) is 4.74. The number of carbonyl (C=O) groups excluding carboxylic acids is 2. The van der Waals surface area contributed by atoms with Crippen molar-refractivity contribution in [2.45, 2.75) is 44.2 Å². The van der Waals surface area contributed by atoms with E-state index < -0.39 is 6.04 Å². The van der Waals surface area contributed by atoms with Gasteiger partial charge in [-0.3, -0.25) is 9.59 Å². The second-order valence-corrected chi connectivity index (χ2v) is 9.03. The first kappa shape index (κ1) is 24.9. The molecule has 0 fully saturated rings. The fraction of sp³-hybridized carbons (Fsp3) is 0.364. The first-order chi connectivity index (χ1) is 14.3. The Kier molecular flexibility index (Phi) is 10.3. The Hall–Kier alpha value is -1.40. The van der Waals surface area contributed by atoms with E-state index in [4.69, 9.17) is 34.8 Å². The van der Waals surface area contributed by atoms with Crippen molar-refractivity contribution >= 4 is 58.4 Å². The predicted octanol–water partition coefficient (Wildman–Crippen LogP) is 6.07. The molecule has 1 N–H and O–H groups in total. The SMILES string of the molecule is CCCNC(=O)[C@@H](CC)N(Cc1ccc(Cl)c(Cl)c1)C(=O)CSc1ccc(Cl)cc1. The number of thioether (sulfide) groups is 1. The van der Waals surface area contributed by atoms with Gasteiger partial charge in [-0.2, -0.15) is 0 Å². The lowest BCUT2D eigenvalue weighted by Gasteiger charge is -2.30. The highest BCUT2D eigenvalue weighted by Crippen LogP contribution is 2.25. The molecule has 4 nitrogen and oxygen atoms in total. The summed E-state index contributed by atoms with van der Waals surface area (Å²) in [5.41, 5.74) is 0.816. The third-order valence-electron chi connectivity index (χ3n) is 4.45. The maximum Gasteiger partial charge on any atom is 0.242 e. The minimum atomic E-state index is -0.565. The van der Waals surface area contributed by atoms with Gasteiger partial charge < -0.3 is 10.2 Å². The average molecular weight is 488 g/mol. The van der Waals surface area contributed by atoms with Gasteiger partial charge in [-0.25, -0.2) is 0 Å². The van der Waals surface area contributed by atoms with E-state index >= 15 is 0 Å². The van der Waals surface area contributed by atoms with E-state index in [0.29, 0.717) is 28.0 Å². The Labute approximate surface area is 197 Å². The smallest absolute Gasteiger partial charge is 0.242 e. The average Bonchev–Trinajstić information content (AvgIpc) is 2.74. The van der Waals surface area contributed by atoms with Crippen molar-refractivity contribution in [1.82, 2.24) is 10.2 Å². The summed E-state index contributed by atoms with van der Waals surface area (Å²) in [5, 5.41) is 4.41. The molecular formula is C22H25Cl3N2O2S. The maximum absolute atomic E-state index is 13.2. The van der Waals surface area contributed by atoms with Crippen LogP contribution < -0.4 is 5.32 Å². The number of hydrogen-bond acceptors (Lipinski definition) is 3. The van der Waals surface area contributed by atoms with Gasteiger partial charge in [0.15, 0.2) is 0 Å². The van der Waals surface area contributed by atoms with Crippen molar-refractivity contribution in [3.63, 3.8) is 0 Å². The van der Waals surface area contributed by atoms with Crippen LogP contribution in [0.1, 0.15) is 32.3 Å². The Morgan fingerprint density at radius 1 is 1.03 bits per heavy atom. The van der Waals surface area contributed by atoms with Crippen molar-refractivity contribution in [2.24, 2.45) is 0 Å².